The number of urea groups is 1. The van der Waals surface area contributed by atoms with Crippen LogP contribution in [0.2, 0.25) is 0 Å². The quantitative estimate of drug-likeness (QED) is 0.785. The van der Waals surface area contributed by atoms with Crippen molar-refractivity contribution >= 4 is 22.8 Å². The highest BCUT2D eigenvalue weighted by molar-refractivity contribution is 5.84. The molecule has 2 aromatic rings. The smallest absolute Gasteiger partial charge is 0.320 e. The summed E-state index contributed by atoms with van der Waals surface area (Å²) in [5.74, 6) is -0.183. The van der Waals surface area contributed by atoms with Gasteiger partial charge in [0, 0.05) is 49.2 Å². The molecule has 3 aliphatic rings. The molecule has 1 unspecified atom stereocenters. The van der Waals surface area contributed by atoms with Crippen molar-refractivity contribution in [1.82, 2.24) is 20.1 Å². The number of piperidine rings is 1. The number of H-pyrrole nitrogens is 1. The lowest BCUT2D eigenvalue weighted by atomic mass is 9.98. The highest BCUT2D eigenvalue weighted by Crippen LogP contribution is 2.33. The number of likely N-dealkylation sites (tertiary alicyclic amines) is 2. The lowest BCUT2D eigenvalue weighted by Crippen LogP contribution is -2.62. The van der Waals surface area contributed by atoms with E-state index in [-0.39, 0.29) is 42.4 Å². The maximum atomic E-state index is 13.7. The average Bonchev–Trinajstić information content (AvgIpc) is 3.33. The molecule has 3 saturated heterocycles. The minimum Gasteiger partial charge on any atom is -0.366 e. The number of fused-ring (bicyclic) bond motifs is 2. The number of nitrogens with one attached hydrogen (secondary N) is 2. The Kier molecular flexibility index (Phi) is 4.23. The molecular weight excluding hydrogens is 363 g/mol. The fourth-order valence-electron chi connectivity index (χ4n) is 4.71. The zero-order valence-corrected chi connectivity index (χ0v) is 15.5. The zero-order valence-electron chi connectivity index (χ0n) is 15.5. The van der Waals surface area contributed by atoms with Gasteiger partial charge < -0.3 is 24.8 Å². The van der Waals surface area contributed by atoms with Crippen LogP contribution in [0.3, 0.4) is 0 Å². The molecule has 0 spiro atoms. The molecule has 0 aliphatic carbocycles. The summed E-state index contributed by atoms with van der Waals surface area (Å²) >= 11 is 0. The number of halogens is 1. The molecule has 3 aliphatic heterocycles. The van der Waals surface area contributed by atoms with E-state index >= 15 is 0 Å². The maximum absolute atomic E-state index is 13.7. The Bertz CT molecular complexity index is 929. The van der Waals surface area contributed by atoms with Gasteiger partial charge in [-0.15, -0.1) is 0 Å². The molecule has 2 N–H and O–H groups in total. The number of hydrogen-bond acceptors (Lipinski definition) is 3. The van der Waals surface area contributed by atoms with E-state index in [0.717, 1.165) is 29.3 Å². The van der Waals surface area contributed by atoms with Gasteiger partial charge in [0.05, 0.1) is 12.1 Å². The summed E-state index contributed by atoms with van der Waals surface area (Å²) < 4.78 is 19.2. The Morgan fingerprint density at radius 1 is 1.18 bits per heavy atom. The fraction of sp³-hybridized carbons (Fsp3) is 0.500. The third-order valence-electron chi connectivity index (χ3n) is 6.17. The molecule has 1 aromatic heterocycles. The molecule has 3 amide bonds. The predicted octanol–water partition coefficient (Wildman–Crippen LogP) is 1.81. The van der Waals surface area contributed by atoms with Gasteiger partial charge in [-0.2, -0.15) is 0 Å². The fourth-order valence-corrected chi connectivity index (χ4v) is 4.71. The van der Waals surface area contributed by atoms with Gasteiger partial charge in [-0.3, -0.25) is 4.79 Å². The van der Waals surface area contributed by atoms with Crippen LogP contribution in [0.4, 0.5) is 9.18 Å². The van der Waals surface area contributed by atoms with Gasteiger partial charge in [0.15, 0.2) is 0 Å². The van der Waals surface area contributed by atoms with Crippen LogP contribution in [-0.4, -0.2) is 71.7 Å². The second-order valence-electron chi connectivity index (χ2n) is 7.91. The molecule has 0 saturated carbocycles. The Labute approximate surface area is 161 Å². The number of carbonyl (C=O) groups excluding carboxylic acids is 2. The third kappa shape index (κ3) is 3.01. The monoisotopic (exact) mass is 386 g/mol. The lowest BCUT2D eigenvalue weighted by molar-refractivity contribution is -0.139. The van der Waals surface area contributed by atoms with Crippen LogP contribution in [0.5, 0.6) is 0 Å². The van der Waals surface area contributed by atoms with E-state index < -0.39 is 0 Å². The largest absolute Gasteiger partial charge is 0.366 e. The van der Waals surface area contributed by atoms with Crippen molar-refractivity contribution in [2.24, 2.45) is 0 Å². The molecule has 7 nitrogen and oxygen atoms in total. The van der Waals surface area contributed by atoms with Gasteiger partial charge in [0.2, 0.25) is 5.91 Å². The minimum absolute atomic E-state index is 0.00538. The van der Waals surface area contributed by atoms with E-state index in [0.29, 0.717) is 26.2 Å². The summed E-state index contributed by atoms with van der Waals surface area (Å²) in [6.07, 6.45) is 3.52. The first-order valence-corrected chi connectivity index (χ1v) is 9.80. The number of ether oxygens (including phenoxy) is 1. The summed E-state index contributed by atoms with van der Waals surface area (Å²) in [6.45, 7) is 2.52. The Morgan fingerprint density at radius 3 is 2.89 bits per heavy atom. The number of carbonyl (C=O) groups is 2. The molecule has 148 valence electrons. The van der Waals surface area contributed by atoms with Crippen molar-refractivity contribution in [1.29, 1.82) is 0 Å². The van der Waals surface area contributed by atoms with E-state index in [4.69, 9.17) is 4.74 Å². The van der Waals surface area contributed by atoms with E-state index in [1.165, 1.54) is 6.07 Å². The standard InChI is InChI=1S/C20H23FN4O3/c21-13-1-2-16-14(7-13)15(8-22-16)12-3-5-24(9-12)20(27)25-6-4-18-17(10-25)23-19(26)11-28-18/h1-2,7-8,12,17-18,22H,3-6,9-11H2,(H,23,26)/t12?,17-,18+/m1/s1. The van der Waals surface area contributed by atoms with Crippen LogP contribution >= 0.6 is 0 Å². The van der Waals surface area contributed by atoms with Gasteiger partial charge in [-0.1, -0.05) is 0 Å². The first-order chi connectivity index (χ1) is 13.6. The van der Waals surface area contributed by atoms with Crippen molar-refractivity contribution in [3.05, 3.63) is 35.8 Å². The Hall–Kier alpha value is -2.61. The molecule has 3 fully saturated rings. The van der Waals surface area contributed by atoms with E-state index in [1.807, 2.05) is 16.0 Å². The molecular formula is C20H23FN4O3. The summed E-state index contributed by atoms with van der Waals surface area (Å²) in [7, 11) is 0. The van der Waals surface area contributed by atoms with Crippen LogP contribution < -0.4 is 5.32 Å². The molecule has 28 heavy (non-hydrogen) atoms. The van der Waals surface area contributed by atoms with Crippen molar-refractivity contribution in [3.8, 4) is 0 Å². The number of rotatable bonds is 1. The van der Waals surface area contributed by atoms with E-state index in [1.54, 1.807) is 12.1 Å². The Balaban J connectivity index is 1.27. The van der Waals surface area contributed by atoms with Crippen molar-refractivity contribution in [2.75, 3.05) is 32.8 Å². The van der Waals surface area contributed by atoms with E-state index in [2.05, 4.69) is 10.3 Å². The maximum Gasteiger partial charge on any atom is 0.320 e. The summed E-state index contributed by atoms with van der Waals surface area (Å²) in [5.41, 5.74) is 1.98. The molecule has 4 heterocycles. The summed E-state index contributed by atoms with van der Waals surface area (Å²) in [4.78, 5) is 31.5. The zero-order chi connectivity index (χ0) is 19.3. The molecule has 0 bridgehead atoms. The first kappa shape index (κ1) is 17.5. The summed E-state index contributed by atoms with van der Waals surface area (Å²) in [6, 6.07) is 4.63. The van der Waals surface area contributed by atoms with Crippen LogP contribution in [-0.2, 0) is 9.53 Å². The van der Waals surface area contributed by atoms with Crippen molar-refractivity contribution in [2.45, 2.75) is 30.9 Å². The van der Waals surface area contributed by atoms with Gasteiger partial charge in [0.1, 0.15) is 12.4 Å². The van der Waals surface area contributed by atoms with Gasteiger partial charge in [0.25, 0.3) is 0 Å². The number of aromatic amines is 1. The topological polar surface area (TPSA) is 77.7 Å². The Morgan fingerprint density at radius 2 is 2.00 bits per heavy atom. The van der Waals surface area contributed by atoms with Crippen LogP contribution in [0, 0.1) is 5.82 Å². The van der Waals surface area contributed by atoms with Gasteiger partial charge >= 0.3 is 6.03 Å². The molecule has 5 rings (SSSR count). The second-order valence-corrected chi connectivity index (χ2v) is 7.91. The normalized spacial score (nSPS) is 27.8. The molecule has 3 atom stereocenters. The van der Waals surface area contributed by atoms with Crippen molar-refractivity contribution < 1.29 is 18.7 Å². The van der Waals surface area contributed by atoms with Crippen LogP contribution in [0.25, 0.3) is 10.9 Å². The van der Waals surface area contributed by atoms with Crippen LogP contribution in [0.1, 0.15) is 24.3 Å². The lowest BCUT2D eigenvalue weighted by Gasteiger charge is -2.42. The predicted molar refractivity (Wildman–Crippen MR) is 100 cm³/mol. The number of benzene rings is 1. The second kappa shape index (κ2) is 6.77. The van der Waals surface area contributed by atoms with Gasteiger partial charge in [-0.05, 0) is 36.6 Å². The average molecular weight is 386 g/mol. The minimum atomic E-state index is -0.251. The SMILES string of the molecule is O=C1CO[C@H]2CCN(C(=O)N3CCC(c4c[nH]c5ccc(F)cc45)C3)C[C@H]2N1. The first-order valence-electron chi connectivity index (χ1n) is 9.80. The third-order valence-corrected chi connectivity index (χ3v) is 6.17. The van der Waals surface area contributed by atoms with E-state index in [9.17, 15) is 14.0 Å². The highest BCUT2D eigenvalue weighted by Gasteiger charge is 2.39. The number of nitrogens with zero attached hydrogens (tertiary/aromatic N) is 2. The van der Waals surface area contributed by atoms with Crippen molar-refractivity contribution in [3.63, 3.8) is 0 Å². The number of aromatic nitrogens is 1. The van der Waals surface area contributed by atoms with Crippen LogP contribution in [0.15, 0.2) is 24.4 Å². The molecule has 8 heteroatoms. The molecule has 1 aromatic carbocycles. The number of morpholine rings is 1. The highest BCUT2D eigenvalue weighted by atomic mass is 19.1. The molecule has 0 radical (unpaired) electrons. The number of amides is 3. The summed E-state index contributed by atoms with van der Waals surface area (Å²) in [5, 5.41) is 3.83. The number of hydrogen-bond donors (Lipinski definition) is 2. The van der Waals surface area contributed by atoms with Gasteiger partial charge in [-0.25, -0.2) is 9.18 Å².